The summed E-state index contributed by atoms with van der Waals surface area (Å²) in [6, 6.07) is 0. The minimum atomic E-state index is -4.65. The van der Waals surface area contributed by atoms with Gasteiger partial charge in [0.05, 0.1) is 6.33 Å². The first kappa shape index (κ1) is 21.2. The van der Waals surface area contributed by atoms with Gasteiger partial charge in [0.2, 0.25) is 6.41 Å². The van der Waals surface area contributed by atoms with Gasteiger partial charge < -0.3 is 19.5 Å². The number of halogens is 3. The van der Waals surface area contributed by atoms with Crippen molar-refractivity contribution in [3.8, 4) is 0 Å². The summed E-state index contributed by atoms with van der Waals surface area (Å²) in [5, 5.41) is 9.84. The Morgan fingerprint density at radius 1 is 1.33 bits per heavy atom. The summed E-state index contributed by atoms with van der Waals surface area (Å²) >= 11 is 0. The number of aromatic nitrogens is 2. The van der Waals surface area contributed by atoms with Crippen molar-refractivity contribution in [2.45, 2.75) is 44.4 Å². The zero-order valence-corrected chi connectivity index (χ0v) is 15.9. The lowest BCUT2D eigenvalue weighted by atomic mass is 9.69. The number of carbonyl (C=O) groups is 2. The number of nitrogens with zero attached hydrogens (tertiary/aromatic N) is 4. The number of aliphatic hydroxyl groups is 1. The van der Waals surface area contributed by atoms with Crippen LogP contribution in [0.1, 0.15) is 43.1 Å². The zero-order chi connectivity index (χ0) is 20.6. The lowest BCUT2D eigenvalue weighted by Crippen LogP contribution is -2.51. The van der Waals surface area contributed by atoms with Crippen LogP contribution in [0.25, 0.3) is 0 Å². The molecule has 1 aliphatic carbocycles. The molecule has 0 radical (unpaired) electrons. The third kappa shape index (κ3) is 4.10. The number of carbonyl (C=O) groups excluding carboxylic acids is 2. The zero-order valence-electron chi connectivity index (χ0n) is 15.9. The molecule has 0 atom stereocenters. The van der Waals surface area contributed by atoms with Crippen molar-refractivity contribution in [2.24, 2.45) is 12.5 Å². The molecule has 1 aromatic rings. The van der Waals surface area contributed by atoms with Crippen molar-refractivity contribution >= 4 is 18.1 Å². The van der Waals surface area contributed by atoms with Gasteiger partial charge in [0.15, 0.2) is 17.1 Å². The van der Waals surface area contributed by atoms with E-state index in [1.165, 1.54) is 27.7 Å². The van der Waals surface area contributed by atoms with Gasteiger partial charge >= 0.3 is 6.18 Å². The Morgan fingerprint density at radius 3 is 2.37 bits per heavy atom. The molecule has 10 heteroatoms. The summed E-state index contributed by atoms with van der Waals surface area (Å²) in [6.45, 7) is 2.05. The predicted molar refractivity (Wildman–Crippen MR) is 92.2 cm³/mol. The minimum absolute atomic E-state index is 0.146. The molecule has 0 unspecified atom stereocenters. The maximum absolute atomic E-state index is 13.0. The topological polar surface area (TPSA) is 78.7 Å². The molecule has 0 saturated heterocycles. The van der Waals surface area contributed by atoms with Crippen LogP contribution >= 0.6 is 0 Å². The highest BCUT2D eigenvalue weighted by molar-refractivity contribution is 5.99. The van der Waals surface area contributed by atoms with Gasteiger partial charge in [-0.2, -0.15) is 13.2 Å². The van der Waals surface area contributed by atoms with Gasteiger partial charge in [0.25, 0.3) is 5.91 Å². The van der Waals surface area contributed by atoms with Crippen LogP contribution in [0.15, 0.2) is 6.33 Å². The molecule has 0 aliphatic heterocycles. The van der Waals surface area contributed by atoms with Gasteiger partial charge in [-0.1, -0.05) is 6.92 Å². The van der Waals surface area contributed by atoms with E-state index in [-0.39, 0.29) is 49.6 Å². The predicted octanol–water partition coefficient (Wildman–Crippen LogP) is 1.96. The fourth-order valence-corrected chi connectivity index (χ4v) is 3.51. The van der Waals surface area contributed by atoms with Gasteiger partial charge in [-0.25, -0.2) is 4.98 Å². The highest BCUT2D eigenvalue weighted by Gasteiger charge is 2.56. The summed E-state index contributed by atoms with van der Waals surface area (Å²) in [5.74, 6) is -0.166. The van der Waals surface area contributed by atoms with Gasteiger partial charge in [0.1, 0.15) is 0 Å². The fourth-order valence-electron chi connectivity index (χ4n) is 3.51. The highest BCUT2D eigenvalue weighted by atomic mass is 19.4. The molecule has 1 heterocycles. The molecular formula is C17H25F3N4O3. The van der Waals surface area contributed by atoms with Crippen LogP contribution in [0.2, 0.25) is 0 Å². The second-order valence-electron chi connectivity index (χ2n) is 7.75. The molecule has 2 rings (SSSR count). The third-order valence-corrected chi connectivity index (χ3v) is 5.39. The average molecular weight is 390 g/mol. The Hall–Kier alpha value is -2.10. The van der Waals surface area contributed by atoms with E-state index < -0.39 is 17.2 Å². The summed E-state index contributed by atoms with van der Waals surface area (Å²) in [7, 11) is 4.67. The van der Waals surface area contributed by atoms with Crippen LogP contribution in [0.3, 0.4) is 0 Å². The number of alkyl halides is 3. The van der Waals surface area contributed by atoms with Gasteiger partial charge in [-0.05, 0) is 31.1 Å². The van der Waals surface area contributed by atoms with E-state index in [2.05, 4.69) is 4.98 Å². The summed E-state index contributed by atoms with van der Waals surface area (Å²) in [6.07, 6.45) is -3.18. The largest absolute Gasteiger partial charge is 0.417 e. The second kappa shape index (κ2) is 7.14. The monoisotopic (exact) mass is 390 g/mol. The maximum Gasteiger partial charge on any atom is 0.417 e. The van der Waals surface area contributed by atoms with Crippen LogP contribution in [0.4, 0.5) is 19.0 Å². The maximum atomic E-state index is 13.0. The average Bonchev–Trinajstić information content (AvgIpc) is 2.97. The normalized spacial score (nSPS) is 25.9. The first-order valence-corrected chi connectivity index (χ1v) is 8.58. The van der Waals surface area contributed by atoms with E-state index in [0.717, 1.165) is 0 Å². The third-order valence-electron chi connectivity index (χ3n) is 5.39. The number of rotatable bonds is 5. The SMILES string of the molecule is CN(CC1(C)CCC(O)(C(F)(F)F)CC1)C(=O)c1c(N(C)C=O)ncn1C. The Bertz CT molecular complexity index is 709. The molecule has 1 fully saturated rings. The van der Waals surface area contributed by atoms with E-state index in [4.69, 9.17) is 0 Å². The summed E-state index contributed by atoms with van der Waals surface area (Å²) in [5.41, 5.74) is -2.98. The van der Waals surface area contributed by atoms with Crippen LogP contribution in [0, 0.1) is 5.41 Å². The van der Waals surface area contributed by atoms with E-state index >= 15 is 0 Å². The first-order valence-electron chi connectivity index (χ1n) is 8.58. The van der Waals surface area contributed by atoms with Gasteiger partial charge in [-0.15, -0.1) is 0 Å². The number of amides is 2. The van der Waals surface area contributed by atoms with Crippen molar-refractivity contribution in [1.29, 1.82) is 0 Å². The van der Waals surface area contributed by atoms with E-state index in [9.17, 15) is 27.9 Å². The molecular weight excluding hydrogens is 365 g/mol. The fraction of sp³-hybridized carbons (Fsp3) is 0.706. The van der Waals surface area contributed by atoms with Crippen LogP contribution < -0.4 is 4.90 Å². The molecule has 1 aromatic heterocycles. The smallest absolute Gasteiger partial charge is 0.380 e. The van der Waals surface area contributed by atoms with E-state index in [1.54, 1.807) is 14.1 Å². The molecule has 152 valence electrons. The standard InChI is InChI=1S/C17H25F3N4O3/c1-15(5-7-16(27,8-6-15)17(18,19)20)9-22(2)14(26)12-13(24(4)11-25)21-10-23(12)3/h10-11,27H,5-9H2,1-4H3. The van der Waals surface area contributed by atoms with Gasteiger partial charge in [-0.3, -0.25) is 9.59 Å². The molecule has 1 aliphatic rings. The number of hydrogen-bond donors (Lipinski definition) is 1. The summed E-state index contributed by atoms with van der Waals surface area (Å²) < 4.78 is 40.5. The molecule has 1 N–H and O–H groups in total. The van der Waals surface area contributed by atoms with Gasteiger partial charge in [0, 0.05) is 27.7 Å². The van der Waals surface area contributed by atoms with Crippen molar-refractivity contribution in [1.82, 2.24) is 14.5 Å². The van der Waals surface area contributed by atoms with Crippen molar-refractivity contribution in [3.05, 3.63) is 12.0 Å². The van der Waals surface area contributed by atoms with Crippen molar-refractivity contribution < 1.29 is 27.9 Å². The number of anilines is 1. The number of aryl methyl sites for hydroxylation is 1. The molecule has 1 saturated carbocycles. The van der Waals surface area contributed by atoms with E-state index in [1.807, 2.05) is 6.92 Å². The van der Waals surface area contributed by atoms with Crippen LogP contribution in [-0.4, -0.2) is 64.3 Å². The molecule has 0 bridgehead atoms. The Balaban J connectivity index is 2.12. The molecule has 27 heavy (non-hydrogen) atoms. The molecule has 0 spiro atoms. The van der Waals surface area contributed by atoms with Crippen molar-refractivity contribution in [3.63, 3.8) is 0 Å². The molecule has 0 aromatic carbocycles. The summed E-state index contributed by atoms with van der Waals surface area (Å²) in [4.78, 5) is 30.5. The second-order valence-corrected chi connectivity index (χ2v) is 7.75. The highest BCUT2D eigenvalue weighted by Crippen LogP contribution is 2.47. The minimum Gasteiger partial charge on any atom is -0.380 e. The van der Waals surface area contributed by atoms with Crippen LogP contribution in [0.5, 0.6) is 0 Å². The Labute approximate surface area is 155 Å². The first-order chi connectivity index (χ1) is 12.3. The molecule has 2 amide bonds. The lowest BCUT2D eigenvalue weighted by molar-refractivity contribution is -0.275. The Morgan fingerprint density at radius 2 is 1.89 bits per heavy atom. The number of imidazole rings is 1. The quantitative estimate of drug-likeness (QED) is 0.780. The Kier molecular flexibility index (Phi) is 5.61. The number of hydrogen-bond acceptors (Lipinski definition) is 4. The lowest BCUT2D eigenvalue weighted by Gasteiger charge is -2.44. The molecule has 7 nitrogen and oxygen atoms in total. The van der Waals surface area contributed by atoms with Crippen molar-refractivity contribution in [2.75, 3.05) is 25.5 Å². The van der Waals surface area contributed by atoms with Crippen LogP contribution in [-0.2, 0) is 11.8 Å². The van der Waals surface area contributed by atoms with E-state index in [0.29, 0.717) is 6.41 Å².